The predicted octanol–water partition coefficient (Wildman–Crippen LogP) is 4.20. The third-order valence-corrected chi connectivity index (χ3v) is 3.32. The van der Waals surface area contributed by atoms with Gasteiger partial charge < -0.3 is 10.6 Å². The van der Waals surface area contributed by atoms with Gasteiger partial charge in [-0.1, -0.05) is 34.1 Å². The van der Waals surface area contributed by atoms with Crippen molar-refractivity contribution in [2.24, 2.45) is 0 Å². The Bertz CT molecular complexity index is 578. The fourth-order valence-electron chi connectivity index (χ4n) is 1.91. The maximum atomic E-state index is 12.1. The van der Waals surface area contributed by atoms with Crippen molar-refractivity contribution in [1.29, 1.82) is 0 Å². The zero-order valence-corrected chi connectivity index (χ0v) is 13.1. The molecule has 20 heavy (non-hydrogen) atoms. The van der Waals surface area contributed by atoms with Crippen LogP contribution in [0.15, 0.2) is 53.0 Å². The molecule has 2 rings (SSSR count). The molecule has 4 heteroatoms. The van der Waals surface area contributed by atoms with Crippen molar-refractivity contribution in [1.82, 2.24) is 0 Å². The minimum atomic E-state index is -0.316. The molecule has 2 aromatic rings. The summed E-state index contributed by atoms with van der Waals surface area (Å²) in [5.74, 6) is -0.0613. The first-order valence-electron chi connectivity index (χ1n) is 6.44. The van der Waals surface area contributed by atoms with Gasteiger partial charge in [0.2, 0.25) is 5.91 Å². The summed E-state index contributed by atoms with van der Waals surface area (Å²) in [7, 11) is 0. The highest BCUT2D eigenvalue weighted by Gasteiger charge is 2.12. The lowest BCUT2D eigenvalue weighted by atomic mass is 10.2. The Hall–Kier alpha value is -1.81. The third kappa shape index (κ3) is 4.10. The average molecular weight is 333 g/mol. The smallest absolute Gasteiger partial charge is 0.246 e. The fourth-order valence-corrected chi connectivity index (χ4v) is 2.51. The maximum absolute atomic E-state index is 12.1. The Morgan fingerprint density at radius 3 is 2.45 bits per heavy atom. The van der Waals surface area contributed by atoms with E-state index in [2.05, 4.69) is 26.6 Å². The van der Waals surface area contributed by atoms with Gasteiger partial charge in [0.05, 0.1) is 0 Å². The van der Waals surface area contributed by atoms with Gasteiger partial charge in [0, 0.05) is 15.8 Å². The Kier molecular flexibility index (Phi) is 4.79. The van der Waals surface area contributed by atoms with Crippen molar-refractivity contribution < 1.29 is 4.79 Å². The number of para-hydroxylation sites is 1. The van der Waals surface area contributed by atoms with Crippen LogP contribution in [0.3, 0.4) is 0 Å². The molecular weight excluding hydrogens is 316 g/mol. The lowest BCUT2D eigenvalue weighted by Gasteiger charge is -2.16. The van der Waals surface area contributed by atoms with E-state index in [1.54, 1.807) is 0 Å². The standard InChI is InChI=1S/C16H17BrN2O/c1-11-8-13(17)10-15(9-11)18-12(2)16(20)19-14-6-4-3-5-7-14/h3-10,12,18H,1-2H3,(H,19,20). The molecule has 0 saturated carbocycles. The summed E-state index contributed by atoms with van der Waals surface area (Å²) in [6.07, 6.45) is 0. The number of anilines is 2. The van der Waals surface area contributed by atoms with Gasteiger partial charge in [-0.3, -0.25) is 4.79 Å². The molecule has 0 spiro atoms. The summed E-state index contributed by atoms with van der Waals surface area (Å²) >= 11 is 3.45. The number of carbonyl (C=O) groups is 1. The van der Waals surface area contributed by atoms with Crippen molar-refractivity contribution in [3.63, 3.8) is 0 Å². The summed E-state index contributed by atoms with van der Waals surface area (Å²) in [6.45, 7) is 3.86. The van der Waals surface area contributed by atoms with Gasteiger partial charge in [-0.25, -0.2) is 0 Å². The van der Waals surface area contributed by atoms with E-state index in [0.29, 0.717) is 0 Å². The van der Waals surface area contributed by atoms with Gasteiger partial charge in [0.15, 0.2) is 0 Å². The summed E-state index contributed by atoms with van der Waals surface area (Å²) in [5, 5.41) is 6.08. The number of halogens is 1. The molecule has 0 fully saturated rings. The Balaban J connectivity index is 2.00. The van der Waals surface area contributed by atoms with Gasteiger partial charge in [0.25, 0.3) is 0 Å². The van der Waals surface area contributed by atoms with Crippen LogP contribution in [0.2, 0.25) is 0 Å². The van der Waals surface area contributed by atoms with Gasteiger partial charge in [-0.15, -0.1) is 0 Å². The summed E-state index contributed by atoms with van der Waals surface area (Å²) in [4.78, 5) is 12.1. The van der Waals surface area contributed by atoms with Gasteiger partial charge >= 0.3 is 0 Å². The Morgan fingerprint density at radius 1 is 1.10 bits per heavy atom. The van der Waals surface area contributed by atoms with Crippen molar-refractivity contribution in [2.45, 2.75) is 19.9 Å². The van der Waals surface area contributed by atoms with Crippen LogP contribution in [0, 0.1) is 6.92 Å². The molecule has 1 amide bonds. The number of benzene rings is 2. The minimum absolute atomic E-state index is 0.0613. The highest BCUT2D eigenvalue weighted by Crippen LogP contribution is 2.20. The van der Waals surface area contributed by atoms with E-state index in [4.69, 9.17) is 0 Å². The van der Waals surface area contributed by atoms with Gasteiger partial charge in [-0.2, -0.15) is 0 Å². The first-order valence-corrected chi connectivity index (χ1v) is 7.23. The fraction of sp³-hybridized carbons (Fsp3) is 0.188. The van der Waals surface area contributed by atoms with Gasteiger partial charge in [0.1, 0.15) is 6.04 Å². The summed E-state index contributed by atoms with van der Waals surface area (Å²) < 4.78 is 0.996. The van der Waals surface area contributed by atoms with Crippen molar-refractivity contribution in [3.05, 3.63) is 58.6 Å². The molecule has 0 aliphatic carbocycles. The second-order valence-corrected chi connectivity index (χ2v) is 5.65. The van der Waals surface area contributed by atoms with Crippen molar-refractivity contribution >= 4 is 33.2 Å². The number of hydrogen-bond acceptors (Lipinski definition) is 2. The van der Waals surface area contributed by atoms with E-state index in [9.17, 15) is 4.79 Å². The molecule has 1 atom stereocenters. The maximum Gasteiger partial charge on any atom is 0.246 e. The van der Waals surface area contributed by atoms with Crippen molar-refractivity contribution in [3.8, 4) is 0 Å². The molecule has 2 aromatic carbocycles. The first-order chi connectivity index (χ1) is 9.54. The second kappa shape index (κ2) is 6.57. The molecule has 0 aliphatic heterocycles. The summed E-state index contributed by atoms with van der Waals surface area (Å²) in [6, 6.07) is 15.1. The molecule has 3 nitrogen and oxygen atoms in total. The predicted molar refractivity (Wildman–Crippen MR) is 87.0 cm³/mol. The Morgan fingerprint density at radius 2 is 1.80 bits per heavy atom. The lowest BCUT2D eigenvalue weighted by Crippen LogP contribution is -2.31. The van der Waals surface area contributed by atoms with Crippen LogP contribution < -0.4 is 10.6 Å². The quantitative estimate of drug-likeness (QED) is 0.881. The van der Waals surface area contributed by atoms with E-state index >= 15 is 0 Å². The normalized spacial score (nSPS) is 11.8. The van der Waals surface area contributed by atoms with Crippen LogP contribution in [-0.4, -0.2) is 11.9 Å². The molecule has 0 aromatic heterocycles. The minimum Gasteiger partial charge on any atom is -0.374 e. The number of hydrogen-bond donors (Lipinski definition) is 2. The monoisotopic (exact) mass is 332 g/mol. The molecule has 0 radical (unpaired) electrons. The number of nitrogens with one attached hydrogen (secondary N) is 2. The number of rotatable bonds is 4. The Labute approximate surface area is 127 Å². The highest BCUT2D eigenvalue weighted by atomic mass is 79.9. The SMILES string of the molecule is Cc1cc(Br)cc(NC(C)C(=O)Nc2ccccc2)c1. The van der Waals surface area contributed by atoms with E-state index in [1.165, 1.54) is 0 Å². The lowest BCUT2D eigenvalue weighted by molar-refractivity contribution is -0.116. The van der Waals surface area contributed by atoms with E-state index in [1.807, 2.05) is 62.4 Å². The zero-order chi connectivity index (χ0) is 14.5. The van der Waals surface area contributed by atoms with E-state index in [-0.39, 0.29) is 11.9 Å². The van der Waals surface area contributed by atoms with Gasteiger partial charge in [-0.05, 0) is 49.7 Å². The van der Waals surface area contributed by atoms with Crippen LogP contribution in [0.25, 0.3) is 0 Å². The van der Waals surface area contributed by atoms with Crippen LogP contribution in [-0.2, 0) is 4.79 Å². The molecule has 0 heterocycles. The van der Waals surface area contributed by atoms with Crippen LogP contribution >= 0.6 is 15.9 Å². The molecule has 0 aliphatic rings. The number of aryl methyl sites for hydroxylation is 1. The highest BCUT2D eigenvalue weighted by molar-refractivity contribution is 9.10. The number of carbonyl (C=O) groups excluding carboxylic acids is 1. The largest absolute Gasteiger partial charge is 0.374 e. The molecule has 2 N–H and O–H groups in total. The van der Waals surface area contributed by atoms with Crippen LogP contribution in [0.1, 0.15) is 12.5 Å². The zero-order valence-electron chi connectivity index (χ0n) is 11.5. The van der Waals surface area contributed by atoms with Crippen molar-refractivity contribution in [2.75, 3.05) is 10.6 Å². The van der Waals surface area contributed by atoms with Crippen LogP contribution in [0.4, 0.5) is 11.4 Å². The van der Waals surface area contributed by atoms with E-state index < -0.39 is 0 Å². The first kappa shape index (κ1) is 14.6. The molecule has 104 valence electrons. The van der Waals surface area contributed by atoms with Crippen LogP contribution in [0.5, 0.6) is 0 Å². The average Bonchev–Trinajstić information content (AvgIpc) is 2.38. The second-order valence-electron chi connectivity index (χ2n) is 4.74. The molecule has 0 saturated heterocycles. The molecular formula is C16H17BrN2O. The number of amides is 1. The molecule has 1 unspecified atom stereocenters. The van der Waals surface area contributed by atoms with E-state index in [0.717, 1.165) is 21.4 Å². The third-order valence-electron chi connectivity index (χ3n) is 2.86. The summed E-state index contributed by atoms with van der Waals surface area (Å²) in [5.41, 5.74) is 2.86. The topological polar surface area (TPSA) is 41.1 Å². The molecule has 0 bridgehead atoms.